The van der Waals surface area contributed by atoms with Crippen LogP contribution in [0.3, 0.4) is 0 Å². The molecule has 0 aliphatic carbocycles. The van der Waals surface area contributed by atoms with Gasteiger partial charge in [-0.3, -0.25) is 0 Å². The molecule has 2 N–H and O–H groups in total. The molecule has 0 saturated heterocycles. The first kappa shape index (κ1) is 23.2. The second-order valence-electron chi connectivity index (χ2n) is 8.36. The molecule has 0 atom stereocenters. The molecule has 0 saturated carbocycles. The normalized spacial score (nSPS) is 10.5. The fraction of sp³-hybridized carbons (Fsp3) is 0.200. The minimum absolute atomic E-state index is 0.445. The maximum absolute atomic E-state index is 5.81. The van der Waals surface area contributed by atoms with E-state index >= 15 is 0 Å². The Morgan fingerprint density at radius 3 is 1.26 bits per heavy atom. The molecule has 0 fully saturated rings. The highest BCUT2D eigenvalue weighted by Gasteiger charge is 2.01. The second kappa shape index (κ2) is 11.8. The first-order valence-electron chi connectivity index (χ1n) is 11.7. The summed E-state index contributed by atoms with van der Waals surface area (Å²) in [5.41, 5.74) is 7.03. The van der Waals surface area contributed by atoms with Gasteiger partial charge in [0.05, 0.1) is 0 Å². The standard InChI is InChI=1S/C30H32N2O2/c1-23-7-3-5-9-29(23)33-21-31-27-17-13-25(14-18-27)11-12-26-15-19-28(20-16-26)32-22-34-30-10-6-4-8-24(30)2/h3-10,13-20,31-32H,11-12,21-22H2,1-2H3. The van der Waals surface area contributed by atoms with E-state index in [2.05, 4.69) is 85.1 Å². The number of anilines is 2. The second-order valence-corrected chi connectivity index (χ2v) is 8.36. The van der Waals surface area contributed by atoms with Crippen LogP contribution < -0.4 is 20.1 Å². The number of benzene rings is 4. The van der Waals surface area contributed by atoms with Gasteiger partial charge in [0.2, 0.25) is 0 Å². The van der Waals surface area contributed by atoms with Crippen LogP contribution in [0, 0.1) is 13.8 Å². The molecule has 4 aromatic carbocycles. The molecule has 0 aromatic heterocycles. The zero-order valence-corrected chi connectivity index (χ0v) is 19.9. The van der Waals surface area contributed by atoms with E-state index in [0.717, 1.165) is 46.8 Å². The smallest absolute Gasteiger partial charge is 0.159 e. The minimum Gasteiger partial charge on any atom is -0.473 e. The summed E-state index contributed by atoms with van der Waals surface area (Å²) in [5, 5.41) is 6.64. The van der Waals surface area contributed by atoms with E-state index in [4.69, 9.17) is 9.47 Å². The topological polar surface area (TPSA) is 42.5 Å². The van der Waals surface area contributed by atoms with Gasteiger partial charge < -0.3 is 20.1 Å². The SMILES string of the molecule is Cc1ccccc1OCNc1ccc(CCc2ccc(NCOc3ccccc3C)cc2)cc1. The molecular weight excluding hydrogens is 420 g/mol. The summed E-state index contributed by atoms with van der Waals surface area (Å²) in [5.74, 6) is 1.82. The molecule has 0 radical (unpaired) electrons. The van der Waals surface area contributed by atoms with E-state index in [1.54, 1.807) is 0 Å². The molecule has 4 rings (SSSR count). The van der Waals surface area contributed by atoms with Gasteiger partial charge in [-0.2, -0.15) is 0 Å². The Kier molecular flexibility index (Phi) is 8.07. The third-order valence-corrected chi connectivity index (χ3v) is 5.81. The summed E-state index contributed by atoms with van der Waals surface area (Å²) in [4.78, 5) is 0. The van der Waals surface area contributed by atoms with Gasteiger partial charge in [-0.25, -0.2) is 0 Å². The largest absolute Gasteiger partial charge is 0.473 e. The van der Waals surface area contributed by atoms with Crippen molar-refractivity contribution >= 4 is 11.4 Å². The number of ether oxygens (including phenoxy) is 2. The summed E-state index contributed by atoms with van der Waals surface area (Å²) in [7, 11) is 0. The first-order valence-corrected chi connectivity index (χ1v) is 11.7. The zero-order chi connectivity index (χ0) is 23.6. The van der Waals surface area contributed by atoms with Crippen LogP contribution in [0.5, 0.6) is 11.5 Å². The molecule has 0 unspecified atom stereocenters. The molecule has 0 heterocycles. The van der Waals surface area contributed by atoms with E-state index < -0.39 is 0 Å². The lowest BCUT2D eigenvalue weighted by atomic mass is 10.0. The molecule has 0 aliphatic heterocycles. The Morgan fingerprint density at radius 2 is 0.882 bits per heavy atom. The van der Waals surface area contributed by atoms with Crippen molar-refractivity contribution < 1.29 is 9.47 Å². The van der Waals surface area contributed by atoms with Gasteiger partial charge in [0.1, 0.15) is 11.5 Å². The Hall–Kier alpha value is -3.92. The van der Waals surface area contributed by atoms with Crippen LogP contribution in [-0.2, 0) is 12.8 Å². The van der Waals surface area contributed by atoms with E-state index in [1.165, 1.54) is 11.1 Å². The third kappa shape index (κ3) is 6.79. The van der Waals surface area contributed by atoms with Crippen molar-refractivity contribution in [2.45, 2.75) is 26.7 Å². The van der Waals surface area contributed by atoms with E-state index in [9.17, 15) is 0 Å². The Bertz CT molecular complexity index is 1080. The molecule has 0 spiro atoms. The van der Waals surface area contributed by atoms with Crippen LogP contribution in [0.2, 0.25) is 0 Å². The van der Waals surface area contributed by atoms with Crippen molar-refractivity contribution in [2.75, 3.05) is 24.1 Å². The average Bonchev–Trinajstić information content (AvgIpc) is 2.87. The lowest BCUT2D eigenvalue weighted by Gasteiger charge is -2.12. The highest BCUT2D eigenvalue weighted by atomic mass is 16.5. The van der Waals surface area contributed by atoms with Gasteiger partial charge in [0.15, 0.2) is 13.5 Å². The summed E-state index contributed by atoms with van der Waals surface area (Å²) in [6.07, 6.45) is 2.01. The van der Waals surface area contributed by atoms with Crippen molar-refractivity contribution in [1.29, 1.82) is 0 Å². The predicted octanol–water partition coefficient (Wildman–Crippen LogP) is 6.99. The molecule has 4 heteroatoms. The van der Waals surface area contributed by atoms with Gasteiger partial charge in [-0.1, -0.05) is 60.7 Å². The third-order valence-electron chi connectivity index (χ3n) is 5.81. The van der Waals surface area contributed by atoms with Gasteiger partial charge in [-0.05, 0) is 85.3 Å². The average molecular weight is 453 g/mol. The van der Waals surface area contributed by atoms with E-state index in [0.29, 0.717) is 13.5 Å². The van der Waals surface area contributed by atoms with Crippen LogP contribution in [0.25, 0.3) is 0 Å². The number of aryl methyl sites for hydroxylation is 4. The van der Waals surface area contributed by atoms with Gasteiger partial charge in [0.25, 0.3) is 0 Å². The van der Waals surface area contributed by atoms with E-state index in [1.807, 2.05) is 36.4 Å². The molecule has 0 bridgehead atoms. The molecule has 0 aliphatic rings. The van der Waals surface area contributed by atoms with Crippen LogP contribution in [0.4, 0.5) is 11.4 Å². The van der Waals surface area contributed by atoms with Crippen molar-refractivity contribution in [3.05, 3.63) is 119 Å². The quantitative estimate of drug-likeness (QED) is 0.241. The van der Waals surface area contributed by atoms with Crippen LogP contribution in [-0.4, -0.2) is 13.5 Å². The van der Waals surface area contributed by atoms with E-state index in [-0.39, 0.29) is 0 Å². The van der Waals surface area contributed by atoms with Crippen molar-refractivity contribution in [3.8, 4) is 11.5 Å². The summed E-state index contributed by atoms with van der Waals surface area (Å²) < 4.78 is 11.6. The summed E-state index contributed by atoms with van der Waals surface area (Å²) in [6, 6.07) is 33.2. The molecule has 0 amide bonds. The Balaban J connectivity index is 1.18. The maximum Gasteiger partial charge on any atom is 0.159 e. The number of hydrogen-bond acceptors (Lipinski definition) is 4. The number of para-hydroxylation sites is 2. The monoisotopic (exact) mass is 452 g/mol. The number of hydrogen-bond donors (Lipinski definition) is 2. The Labute approximate surface area is 202 Å². The van der Waals surface area contributed by atoms with Crippen molar-refractivity contribution in [2.24, 2.45) is 0 Å². The highest BCUT2D eigenvalue weighted by molar-refractivity contribution is 5.46. The lowest BCUT2D eigenvalue weighted by Crippen LogP contribution is -2.09. The minimum atomic E-state index is 0.445. The van der Waals surface area contributed by atoms with Gasteiger partial charge in [-0.15, -0.1) is 0 Å². The Morgan fingerprint density at radius 1 is 0.500 bits per heavy atom. The van der Waals surface area contributed by atoms with Gasteiger partial charge >= 0.3 is 0 Å². The van der Waals surface area contributed by atoms with Crippen molar-refractivity contribution in [3.63, 3.8) is 0 Å². The maximum atomic E-state index is 5.81. The molecular formula is C30H32N2O2. The van der Waals surface area contributed by atoms with Crippen molar-refractivity contribution in [1.82, 2.24) is 0 Å². The molecule has 4 aromatic rings. The van der Waals surface area contributed by atoms with Gasteiger partial charge in [0, 0.05) is 11.4 Å². The highest BCUT2D eigenvalue weighted by Crippen LogP contribution is 2.18. The molecule has 34 heavy (non-hydrogen) atoms. The fourth-order valence-electron chi connectivity index (χ4n) is 3.70. The first-order chi connectivity index (χ1) is 16.7. The molecule has 174 valence electrons. The number of rotatable bonds is 11. The zero-order valence-electron chi connectivity index (χ0n) is 19.9. The van der Waals surface area contributed by atoms with Crippen LogP contribution >= 0.6 is 0 Å². The fourth-order valence-corrected chi connectivity index (χ4v) is 3.70. The van der Waals surface area contributed by atoms with Crippen LogP contribution in [0.1, 0.15) is 22.3 Å². The molecule has 4 nitrogen and oxygen atoms in total. The number of nitrogens with one attached hydrogen (secondary N) is 2. The lowest BCUT2D eigenvalue weighted by molar-refractivity contribution is 0.344. The summed E-state index contributed by atoms with van der Waals surface area (Å²) in [6.45, 7) is 4.99. The summed E-state index contributed by atoms with van der Waals surface area (Å²) >= 11 is 0. The van der Waals surface area contributed by atoms with Crippen LogP contribution in [0.15, 0.2) is 97.1 Å². The predicted molar refractivity (Wildman–Crippen MR) is 141 cm³/mol.